The van der Waals surface area contributed by atoms with Crippen LogP contribution in [0.25, 0.3) is 6.08 Å². The zero-order valence-corrected chi connectivity index (χ0v) is 19.7. The fraction of sp³-hybridized carbons (Fsp3) is 0.304. The zero-order valence-electron chi connectivity index (χ0n) is 18.8. The topological polar surface area (TPSA) is 127 Å². The number of hydrogen-bond donors (Lipinski definition) is 0. The third kappa shape index (κ3) is 6.06. The lowest BCUT2D eigenvalue weighted by Crippen LogP contribution is -2.51. The molecule has 0 atom stereocenters. The first-order valence-corrected chi connectivity index (χ1v) is 12.0. The number of carbonyl (C=O) groups is 2. The summed E-state index contributed by atoms with van der Waals surface area (Å²) in [5.41, 5.74) is 1.98. The number of nitro benzene ring substituents is 1. The lowest BCUT2D eigenvalue weighted by molar-refractivity contribution is -0.384. The predicted octanol–water partition coefficient (Wildman–Crippen LogP) is 2.30. The minimum absolute atomic E-state index is 0.107. The second-order valence-electron chi connectivity index (χ2n) is 7.85. The smallest absolute Gasteiger partial charge is 0.331 e. The number of piperazine rings is 1. The van der Waals surface area contributed by atoms with E-state index in [4.69, 9.17) is 4.74 Å². The van der Waals surface area contributed by atoms with E-state index in [1.807, 2.05) is 13.0 Å². The summed E-state index contributed by atoms with van der Waals surface area (Å²) >= 11 is 0. The van der Waals surface area contributed by atoms with Crippen molar-refractivity contribution in [1.29, 1.82) is 0 Å². The van der Waals surface area contributed by atoms with Crippen LogP contribution >= 0.6 is 0 Å². The summed E-state index contributed by atoms with van der Waals surface area (Å²) in [6, 6.07) is 10.9. The lowest BCUT2D eigenvalue weighted by atomic mass is 10.2. The summed E-state index contributed by atoms with van der Waals surface area (Å²) < 4.78 is 32.2. The molecule has 2 aromatic carbocycles. The summed E-state index contributed by atoms with van der Waals surface area (Å²) in [5.74, 6) is -1.20. The van der Waals surface area contributed by atoms with Crippen molar-refractivity contribution in [2.75, 3.05) is 32.8 Å². The lowest BCUT2D eigenvalue weighted by Gasteiger charge is -2.34. The van der Waals surface area contributed by atoms with Crippen LogP contribution in [0.4, 0.5) is 5.69 Å². The van der Waals surface area contributed by atoms with Gasteiger partial charge in [-0.25, -0.2) is 13.2 Å². The van der Waals surface area contributed by atoms with Crippen LogP contribution in [0, 0.1) is 24.0 Å². The summed E-state index contributed by atoms with van der Waals surface area (Å²) in [7, 11) is -3.67. The Morgan fingerprint density at radius 2 is 1.79 bits per heavy atom. The first-order chi connectivity index (χ1) is 16.1. The zero-order chi connectivity index (χ0) is 24.9. The van der Waals surface area contributed by atoms with Gasteiger partial charge in [-0.3, -0.25) is 14.9 Å². The highest BCUT2D eigenvalue weighted by atomic mass is 32.2. The normalized spacial score (nSPS) is 14.8. The van der Waals surface area contributed by atoms with E-state index in [0.717, 1.165) is 11.6 Å². The Morgan fingerprint density at radius 3 is 2.44 bits per heavy atom. The minimum atomic E-state index is -3.67. The molecule has 0 unspecified atom stereocenters. The molecule has 0 saturated carbocycles. The molecule has 3 rings (SSSR count). The van der Waals surface area contributed by atoms with Crippen molar-refractivity contribution < 1.29 is 27.7 Å². The predicted molar refractivity (Wildman–Crippen MR) is 124 cm³/mol. The number of benzene rings is 2. The van der Waals surface area contributed by atoms with Gasteiger partial charge in [-0.05, 0) is 37.1 Å². The van der Waals surface area contributed by atoms with Gasteiger partial charge in [0.05, 0.1) is 9.82 Å². The van der Waals surface area contributed by atoms with E-state index >= 15 is 0 Å². The quantitative estimate of drug-likeness (QED) is 0.254. The number of esters is 1. The maximum Gasteiger partial charge on any atom is 0.331 e. The van der Waals surface area contributed by atoms with Crippen molar-refractivity contribution in [1.82, 2.24) is 9.21 Å². The first kappa shape index (κ1) is 25.1. The molecule has 1 fully saturated rings. The molecule has 0 radical (unpaired) electrons. The van der Waals surface area contributed by atoms with Gasteiger partial charge in [-0.15, -0.1) is 0 Å². The van der Waals surface area contributed by atoms with E-state index in [0.29, 0.717) is 11.1 Å². The molecule has 34 heavy (non-hydrogen) atoms. The summed E-state index contributed by atoms with van der Waals surface area (Å²) in [6.07, 6.45) is 2.44. The summed E-state index contributed by atoms with van der Waals surface area (Å²) in [4.78, 5) is 36.3. The Labute approximate surface area is 197 Å². The molecule has 1 aliphatic heterocycles. The Kier molecular flexibility index (Phi) is 7.79. The summed E-state index contributed by atoms with van der Waals surface area (Å²) in [5, 5.41) is 10.8. The van der Waals surface area contributed by atoms with Crippen LogP contribution in [-0.4, -0.2) is 67.2 Å². The number of ether oxygens (including phenoxy) is 1. The van der Waals surface area contributed by atoms with Gasteiger partial charge >= 0.3 is 5.97 Å². The minimum Gasteiger partial charge on any atom is -0.452 e. The third-order valence-electron chi connectivity index (χ3n) is 5.37. The van der Waals surface area contributed by atoms with E-state index in [-0.39, 0.29) is 36.8 Å². The molecule has 1 heterocycles. The van der Waals surface area contributed by atoms with Crippen LogP contribution in [-0.2, 0) is 24.3 Å². The highest BCUT2D eigenvalue weighted by Crippen LogP contribution is 2.22. The highest BCUT2D eigenvalue weighted by molar-refractivity contribution is 7.89. The number of sulfonamides is 1. The molecule has 0 bridgehead atoms. The molecule has 10 nitrogen and oxygen atoms in total. The Bertz CT molecular complexity index is 1230. The molecule has 2 aromatic rings. The van der Waals surface area contributed by atoms with Crippen LogP contribution in [0.3, 0.4) is 0 Å². The second kappa shape index (κ2) is 10.6. The second-order valence-corrected chi connectivity index (χ2v) is 9.75. The standard InChI is InChI=1S/C23H25N3O7S/c1-17-6-8-21(18(2)14-17)34(31,32)25-12-10-24(11-13-25)22(27)16-33-23(28)9-7-19-4-3-5-20(15-19)26(29)30/h3-9,14-15H,10-13,16H2,1-2H3. The Balaban J connectivity index is 1.50. The largest absolute Gasteiger partial charge is 0.452 e. The average molecular weight is 488 g/mol. The van der Waals surface area contributed by atoms with Crippen molar-refractivity contribution in [2.24, 2.45) is 0 Å². The van der Waals surface area contributed by atoms with E-state index < -0.39 is 33.4 Å². The van der Waals surface area contributed by atoms with Gasteiger partial charge in [0.15, 0.2) is 6.61 Å². The van der Waals surface area contributed by atoms with Gasteiger partial charge < -0.3 is 9.64 Å². The number of non-ortho nitro benzene ring substituents is 1. The number of nitro groups is 1. The van der Waals surface area contributed by atoms with Gasteiger partial charge in [-0.2, -0.15) is 4.31 Å². The van der Waals surface area contributed by atoms with E-state index in [1.54, 1.807) is 25.1 Å². The molecular weight excluding hydrogens is 462 g/mol. The van der Waals surface area contributed by atoms with Crippen molar-refractivity contribution in [3.63, 3.8) is 0 Å². The van der Waals surface area contributed by atoms with Crippen molar-refractivity contribution in [2.45, 2.75) is 18.7 Å². The van der Waals surface area contributed by atoms with E-state index in [1.165, 1.54) is 33.5 Å². The molecule has 0 N–H and O–H groups in total. The van der Waals surface area contributed by atoms with E-state index in [9.17, 15) is 28.1 Å². The molecule has 0 aliphatic carbocycles. The van der Waals surface area contributed by atoms with Crippen molar-refractivity contribution in [3.8, 4) is 0 Å². The van der Waals surface area contributed by atoms with Crippen LogP contribution < -0.4 is 0 Å². The Hall–Kier alpha value is -3.57. The van der Waals surface area contributed by atoms with Gasteiger partial charge in [0.1, 0.15) is 0 Å². The molecule has 0 spiro atoms. The highest BCUT2D eigenvalue weighted by Gasteiger charge is 2.31. The number of aryl methyl sites for hydroxylation is 2. The van der Waals surface area contributed by atoms with Crippen molar-refractivity contribution >= 4 is 33.7 Å². The average Bonchev–Trinajstić information content (AvgIpc) is 2.81. The van der Waals surface area contributed by atoms with Gasteiger partial charge in [0.2, 0.25) is 10.0 Å². The molecule has 1 aliphatic rings. The number of rotatable bonds is 7. The van der Waals surface area contributed by atoms with E-state index in [2.05, 4.69) is 0 Å². The molecule has 1 amide bonds. The molecule has 1 saturated heterocycles. The molecule has 11 heteroatoms. The fourth-order valence-electron chi connectivity index (χ4n) is 3.58. The van der Waals surface area contributed by atoms with Gasteiger partial charge in [-0.1, -0.05) is 29.8 Å². The molecular formula is C23H25N3O7S. The van der Waals surface area contributed by atoms with Gasteiger partial charge in [0, 0.05) is 44.4 Å². The van der Waals surface area contributed by atoms with Crippen LogP contribution in [0.2, 0.25) is 0 Å². The van der Waals surface area contributed by atoms with Gasteiger partial charge in [0.25, 0.3) is 11.6 Å². The van der Waals surface area contributed by atoms with Crippen LogP contribution in [0.5, 0.6) is 0 Å². The Morgan fingerprint density at radius 1 is 1.09 bits per heavy atom. The molecule has 180 valence electrons. The monoisotopic (exact) mass is 487 g/mol. The maximum atomic E-state index is 13.0. The molecule has 0 aromatic heterocycles. The summed E-state index contributed by atoms with van der Waals surface area (Å²) in [6.45, 7) is 3.81. The SMILES string of the molecule is Cc1ccc(S(=O)(=O)N2CCN(C(=O)COC(=O)C=Cc3cccc([N+](=O)[O-])c3)CC2)c(C)c1. The van der Waals surface area contributed by atoms with Crippen LogP contribution in [0.15, 0.2) is 53.4 Å². The van der Waals surface area contributed by atoms with Crippen LogP contribution in [0.1, 0.15) is 16.7 Å². The number of carbonyl (C=O) groups excluding carboxylic acids is 2. The maximum absolute atomic E-state index is 13.0. The first-order valence-electron chi connectivity index (χ1n) is 10.5. The number of nitrogens with zero attached hydrogens (tertiary/aromatic N) is 3. The third-order valence-corrected chi connectivity index (χ3v) is 7.43. The number of amides is 1. The van der Waals surface area contributed by atoms with Crippen molar-refractivity contribution in [3.05, 3.63) is 75.3 Å². The fourth-order valence-corrected chi connectivity index (χ4v) is 5.21. The number of hydrogen-bond acceptors (Lipinski definition) is 7.